The average molecular weight is 185 g/mol. The number of carboxylic acid groups (broad SMARTS) is 1. The molecule has 1 unspecified atom stereocenters. The molecule has 0 aromatic rings. The average Bonchev–Trinajstić information content (AvgIpc) is 1.97. The summed E-state index contributed by atoms with van der Waals surface area (Å²) in [5, 5.41) is 18.3. The Hall–Kier alpha value is -1.36. The number of hydrogen-bond donors (Lipinski definition) is 4. The highest BCUT2D eigenvalue weighted by Gasteiger charge is 2.23. The molecule has 1 atom stereocenters. The Morgan fingerprint density at radius 2 is 2.31 bits per heavy atom. The minimum atomic E-state index is -1.34. The fraction of sp³-hybridized carbons (Fsp3) is 0.500. The monoisotopic (exact) mass is 185 g/mol. The fourth-order valence-electron chi connectivity index (χ4n) is 0.587. The summed E-state index contributed by atoms with van der Waals surface area (Å²) in [6.45, 7) is 3.42. The molecule has 0 rings (SSSR count). The van der Waals surface area contributed by atoms with Crippen LogP contribution in [-0.4, -0.2) is 29.0 Å². The van der Waals surface area contributed by atoms with Crippen LogP contribution in [0.25, 0.3) is 0 Å². The van der Waals surface area contributed by atoms with Crippen LogP contribution in [0.15, 0.2) is 12.2 Å². The van der Waals surface area contributed by atoms with Crippen molar-refractivity contribution in [3.8, 4) is 0 Å². The molecule has 0 aromatic heterocycles. The highest BCUT2D eigenvalue weighted by atomic mass is 16.4. The van der Waals surface area contributed by atoms with E-state index >= 15 is 0 Å². The van der Waals surface area contributed by atoms with Crippen LogP contribution in [0, 0.1) is 5.41 Å². The smallest absolute Gasteiger partial charge is 0.327 e. The van der Waals surface area contributed by atoms with Gasteiger partial charge in [-0.05, 0) is 13.8 Å². The van der Waals surface area contributed by atoms with Crippen LogP contribution in [0.1, 0.15) is 13.8 Å². The first kappa shape index (κ1) is 11.6. The zero-order valence-electron chi connectivity index (χ0n) is 7.79. The second-order valence-electron chi connectivity index (χ2n) is 3.00. The van der Waals surface area contributed by atoms with E-state index in [1.165, 1.54) is 13.0 Å². The van der Waals surface area contributed by atoms with Crippen LogP contribution in [-0.2, 0) is 4.79 Å². The summed E-state index contributed by atoms with van der Waals surface area (Å²) in [4.78, 5) is 10.5. The predicted molar refractivity (Wildman–Crippen MR) is 50.8 cm³/mol. The van der Waals surface area contributed by atoms with Crippen molar-refractivity contribution in [1.82, 2.24) is 5.32 Å². The van der Waals surface area contributed by atoms with Gasteiger partial charge in [0.25, 0.3) is 0 Å². The molecule has 0 heterocycles. The van der Waals surface area contributed by atoms with Gasteiger partial charge < -0.3 is 16.2 Å². The van der Waals surface area contributed by atoms with Gasteiger partial charge >= 0.3 is 5.97 Å². The summed E-state index contributed by atoms with van der Waals surface area (Å²) >= 11 is 0. The van der Waals surface area contributed by atoms with Gasteiger partial charge in [-0.2, -0.15) is 0 Å². The van der Waals surface area contributed by atoms with Gasteiger partial charge in [-0.1, -0.05) is 12.2 Å². The summed E-state index contributed by atoms with van der Waals surface area (Å²) in [6, 6.07) is 0. The van der Waals surface area contributed by atoms with Gasteiger partial charge in [-0.15, -0.1) is 0 Å². The van der Waals surface area contributed by atoms with Gasteiger partial charge in [-0.3, -0.25) is 5.41 Å². The van der Waals surface area contributed by atoms with E-state index < -0.39 is 11.5 Å². The Bertz CT molecular complexity index is 234. The molecule has 0 bridgehead atoms. The maximum atomic E-state index is 10.5. The summed E-state index contributed by atoms with van der Waals surface area (Å²) in [5.74, 6) is -0.742. The van der Waals surface area contributed by atoms with Crippen molar-refractivity contribution >= 4 is 11.8 Å². The minimum Gasteiger partial charge on any atom is -0.480 e. The van der Waals surface area contributed by atoms with Crippen molar-refractivity contribution in [1.29, 1.82) is 5.41 Å². The van der Waals surface area contributed by atoms with E-state index in [1.807, 2.05) is 0 Å². The Kier molecular flexibility index (Phi) is 4.13. The van der Waals surface area contributed by atoms with Gasteiger partial charge in [0, 0.05) is 6.54 Å². The van der Waals surface area contributed by atoms with Crippen LogP contribution in [0.3, 0.4) is 0 Å². The summed E-state index contributed by atoms with van der Waals surface area (Å²) in [6.07, 6.45) is 2.98. The molecule has 13 heavy (non-hydrogen) atoms. The van der Waals surface area contributed by atoms with E-state index in [1.54, 1.807) is 13.0 Å². The Morgan fingerprint density at radius 1 is 1.77 bits per heavy atom. The lowest BCUT2D eigenvalue weighted by atomic mass is 10.0. The van der Waals surface area contributed by atoms with Crippen molar-refractivity contribution in [2.24, 2.45) is 5.73 Å². The number of amidine groups is 1. The highest BCUT2D eigenvalue weighted by molar-refractivity contribution is 5.80. The van der Waals surface area contributed by atoms with Crippen LogP contribution in [0.2, 0.25) is 0 Å². The first-order chi connectivity index (χ1) is 5.86. The number of rotatable bonds is 4. The van der Waals surface area contributed by atoms with E-state index in [-0.39, 0.29) is 0 Å². The van der Waals surface area contributed by atoms with Crippen LogP contribution in [0.5, 0.6) is 0 Å². The quantitative estimate of drug-likeness (QED) is 0.280. The normalized spacial score (nSPS) is 15.3. The molecule has 0 spiro atoms. The third-order valence-corrected chi connectivity index (χ3v) is 1.41. The zero-order chi connectivity index (χ0) is 10.5. The number of carboxylic acids is 1. The van der Waals surface area contributed by atoms with Crippen molar-refractivity contribution in [3.05, 3.63) is 12.2 Å². The largest absolute Gasteiger partial charge is 0.480 e. The van der Waals surface area contributed by atoms with Gasteiger partial charge in [0.2, 0.25) is 0 Å². The van der Waals surface area contributed by atoms with Crippen LogP contribution in [0.4, 0.5) is 0 Å². The predicted octanol–water partition coefficient (Wildman–Crippen LogP) is -0.0686. The lowest BCUT2D eigenvalue weighted by Gasteiger charge is -2.13. The highest BCUT2D eigenvalue weighted by Crippen LogP contribution is 2.00. The lowest BCUT2D eigenvalue weighted by Crippen LogP contribution is -2.42. The number of nitrogens with two attached hydrogens (primary N) is 1. The summed E-state index contributed by atoms with van der Waals surface area (Å²) < 4.78 is 0. The van der Waals surface area contributed by atoms with Crippen molar-refractivity contribution in [2.45, 2.75) is 19.4 Å². The lowest BCUT2D eigenvalue weighted by molar-refractivity contribution is -0.140. The van der Waals surface area contributed by atoms with Gasteiger partial charge in [0.15, 0.2) is 0 Å². The molecule has 0 aliphatic rings. The Labute approximate surface area is 77.1 Å². The second kappa shape index (κ2) is 4.61. The van der Waals surface area contributed by atoms with Gasteiger partial charge in [-0.25, -0.2) is 4.79 Å². The van der Waals surface area contributed by atoms with E-state index in [0.717, 1.165) is 0 Å². The summed E-state index contributed by atoms with van der Waals surface area (Å²) in [7, 11) is 0. The molecule has 0 saturated carbocycles. The van der Waals surface area contributed by atoms with Crippen LogP contribution >= 0.6 is 0 Å². The summed E-state index contributed by atoms with van der Waals surface area (Å²) in [5.41, 5.74) is 4.07. The number of hydrogen-bond acceptors (Lipinski definition) is 3. The van der Waals surface area contributed by atoms with Crippen molar-refractivity contribution < 1.29 is 9.90 Å². The molecule has 5 N–H and O–H groups in total. The third kappa shape index (κ3) is 4.97. The molecule has 0 aliphatic heterocycles. The van der Waals surface area contributed by atoms with E-state index in [2.05, 4.69) is 5.32 Å². The van der Waals surface area contributed by atoms with Crippen molar-refractivity contribution in [2.75, 3.05) is 6.54 Å². The van der Waals surface area contributed by atoms with Crippen molar-refractivity contribution in [3.63, 3.8) is 0 Å². The van der Waals surface area contributed by atoms with E-state index in [0.29, 0.717) is 12.4 Å². The fourth-order valence-corrected chi connectivity index (χ4v) is 0.587. The molecule has 0 radical (unpaired) electrons. The minimum absolute atomic E-state index is 0.332. The van der Waals surface area contributed by atoms with Gasteiger partial charge in [0.1, 0.15) is 5.54 Å². The molecule has 5 heteroatoms. The molecule has 0 saturated heterocycles. The SMILES string of the molecule is CC(=N)NC/C=C\C(C)(N)C(=O)O. The maximum absolute atomic E-state index is 10.5. The molecular formula is C8H15N3O2. The third-order valence-electron chi connectivity index (χ3n) is 1.41. The second-order valence-corrected chi connectivity index (χ2v) is 3.00. The topological polar surface area (TPSA) is 99.2 Å². The molecular weight excluding hydrogens is 170 g/mol. The number of aliphatic carboxylic acids is 1. The number of nitrogens with one attached hydrogen (secondary N) is 2. The molecule has 0 fully saturated rings. The van der Waals surface area contributed by atoms with Gasteiger partial charge in [0.05, 0.1) is 5.84 Å². The Balaban J connectivity index is 3.97. The standard InChI is InChI=1S/C8H15N3O2/c1-6(9)11-5-3-4-8(2,10)7(12)13/h3-4H,5,10H2,1-2H3,(H2,9,11)(H,12,13)/b4-3-. The first-order valence-corrected chi connectivity index (χ1v) is 3.85. The molecule has 5 nitrogen and oxygen atoms in total. The molecule has 0 aliphatic carbocycles. The number of carbonyl (C=O) groups is 1. The van der Waals surface area contributed by atoms with E-state index in [4.69, 9.17) is 16.2 Å². The van der Waals surface area contributed by atoms with E-state index in [9.17, 15) is 4.79 Å². The first-order valence-electron chi connectivity index (χ1n) is 3.85. The van der Waals surface area contributed by atoms with Crippen LogP contribution < -0.4 is 11.1 Å². The Morgan fingerprint density at radius 3 is 2.69 bits per heavy atom. The maximum Gasteiger partial charge on any atom is 0.327 e. The molecule has 74 valence electrons. The molecule has 0 amide bonds. The zero-order valence-corrected chi connectivity index (χ0v) is 7.79. The molecule has 0 aromatic carbocycles.